The number of aryl methyl sites for hydroxylation is 1. The van der Waals surface area contributed by atoms with E-state index in [1.54, 1.807) is 17.0 Å². The van der Waals surface area contributed by atoms with E-state index in [-0.39, 0.29) is 24.8 Å². The number of halogens is 1. The van der Waals surface area contributed by atoms with Crippen LogP contribution in [0.3, 0.4) is 0 Å². The van der Waals surface area contributed by atoms with E-state index in [0.717, 1.165) is 30.5 Å². The number of nitrogens with zero attached hydrogens (tertiary/aromatic N) is 1. The summed E-state index contributed by atoms with van der Waals surface area (Å²) in [5.74, 6) is 0.571. The summed E-state index contributed by atoms with van der Waals surface area (Å²) in [5.41, 5.74) is 1.90. The number of carbonyl (C=O) groups is 2. The van der Waals surface area contributed by atoms with E-state index in [1.165, 1.54) is 0 Å². The van der Waals surface area contributed by atoms with Gasteiger partial charge in [0.1, 0.15) is 5.75 Å². The average molecular weight is 594 g/mol. The van der Waals surface area contributed by atoms with Crippen LogP contribution in [0.25, 0.3) is 0 Å². The Bertz CT molecular complexity index is 1370. The van der Waals surface area contributed by atoms with Crippen LogP contribution in [0.5, 0.6) is 11.5 Å². The number of hydrogen-bond donors (Lipinski definition) is 4. The molecule has 0 bridgehead atoms. The van der Waals surface area contributed by atoms with Crippen LogP contribution in [0, 0.1) is 5.92 Å². The second kappa shape index (κ2) is 14.5. The Balaban J connectivity index is 1.65. The van der Waals surface area contributed by atoms with Crippen molar-refractivity contribution in [1.29, 1.82) is 0 Å². The number of hydrogen-bond acceptors (Lipinski definition) is 5. The lowest BCUT2D eigenvalue weighted by atomic mass is 9.73. The van der Waals surface area contributed by atoms with Crippen molar-refractivity contribution in [3.8, 4) is 11.5 Å². The van der Waals surface area contributed by atoms with Crippen LogP contribution < -0.4 is 15.4 Å². The number of nitrogens with one attached hydrogen (secondary N) is 2. The molecular weight excluding hydrogens is 554 g/mol. The predicted molar refractivity (Wildman–Crippen MR) is 164 cm³/mol. The molecule has 2 atom stereocenters. The smallest absolute Gasteiger partial charge is 0.404 e. The maximum absolute atomic E-state index is 13.5. The third-order valence-corrected chi connectivity index (χ3v) is 8.23. The summed E-state index contributed by atoms with van der Waals surface area (Å²) >= 11 is 6.70. The Labute approximate surface area is 252 Å². The first-order chi connectivity index (χ1) is 20.2. The van der Waals surface area contributed by atoms with Gasteiger partial charge in [-0.05, 0) is 80.6 Å². The summed E-state index contributed by atoms with van der Waals surface area (Å²) in [6.45, 7) is 3.90. The predicted octanol–water partition coefficient (Wildman–Crippen LogP) is 6.20. The van der Waals surface area contributed by atoms with Crippen LogP contribution in [0.4, 0.5) is 4.79 Å². The third-order valence-electron chi connectivity index (χ3n) is 7.94. The number of carboxylic acid groups (broad SMARTS) is 1. The van der Waals surface area contributed by atoms with Gasteiger partial charge in [-0.2, -0.15) is 0 Å². The molecule has 1 heterocycles. The minimum absolute atomic E-state index is 0.0791. The van der Waals surface area contributed by atoms with Crippen molar-refractivity contribution < 1.29 is 24.5 Å². The minimum Gasteiger partial charge on any atom is -0.465 e. The van der Waals surface area contributed by atoms with Crippen LogP contribution in [0.1, 0.15) is 59.7 Å². The van der Waals surface area contributed by atoms with Gasteiger partial charge in [0.25, 0.3) is 5.91 Å². The van der Waals surface area contributed by atoms with E-state index in [1.807, 2.05) is 61.6 Å². The van der Waals surface area contributed by atoms with Gasteiger partial charge in [-0.15, -0.1) is 0 Å². The lowest BCUT2D eigenvalue weighted by molar-refractivity contribution is -0.0578. The molecule has 2 amide bonds. The second-order valence-electron chi connectivity index (χ2n) is 10.8. The van der Waals surface area contributed by atoms with E-state index in [9.17, 15) is 14.7 Å². The Kier molecular flexibility index (Phi) is 10.8. The van der Waals surface area contributed by atoms with Crippen LogP contribution in [0.15, 0.2) is 66.7 Å². The zero-order valence-electron chi connectivity index (χ0n) is 24.2. The van der Waals surface area contributed by atoms with Gasteiger partial charge >= 0.3 is 6.09 Å². The molecular formula is C33H40ClN3O5. The number of rotatable bonds is 12. The second-order valence-corrected chi connectivity index (χ2v) is 11.2. The molecule has 1 aliphatic rings. The van der Waals surface area contributed by atoms with Gasteiger partial charge in [0.2, 0.25) is 0 Å². The van der Waals surface area contributed by atoms with Crippen molar-refractivity contribution in [2.45, 2.75) is 51.2 Å². The van der Waals surface area contributed by atoms with Crippen LogP contribution >= 0.6 is 11.6 Å². The monoisotopic (exact) mass is 593 g/mol. The molecule has 1 saturated heterocycles. The normalized spacial score (nSPS) is 16.5. The van der Waals surface area contributed by atoms with Crippen molar-refractivity contribution in [2.75, 3.05) is 26.7 Å². The number of amides is 2. The highest BCUT2D eigenvalue weighted by Gasteiger charge is 2.43. The third kappa shape index (κ3) is 7.62. The topological polar surface area (TPSA) is 111 Å². The van der Waals surface area contributed by atoms with E-state index >= 15 is 0 Å². The van der Waals surface area contributed by atoms with E-state index in [0.29, 0.717) is 53.6 Å². The highest BCUT2D eigenvalue weighted by Crippen LogP contribution is 2.46. The largest absolute Gasteiger partial charge is 0.465 e. The first-order valence-electron chi connectivity index (χ1n) is 14.5. The van der Waals surface area contributed by atoms with Gasteiger partial charge in [-0.1, -0.05) is 54.9 Å². The zero-order chi connectivity index (χ0) is 30.1. The van der Waals surface area contributed by atoms with Gasteiger partial charge in [-0.3, -0.25) is 4.79 Å². The van der Waals surface area contributed by atoms with Gasteiger partial charge in [-0.25, -0.2) is 4.79 Å². The molecule has 0 aromatic heterocycles. The molecule has 3 aromatic rings. The maximum atomic E-state index is 13.5. The highest BCUT2D eigenvalue weighted by atomic mass is 35.5. The molecule has 0 aliphatic carbocycles. The highest BCUT2D eigenvalue weighted by molar-refractivity contribution is 6.32. The quantitative estimate of drug-likeness (QED) is 0.186. The number of ether oxygens (including phenoxy) is 1. The summed E-state index contributed by atoms with van der Waals surface area (Å²) in [6, 6.07) is 20.6. The molecule has 0 radical (unpaired) electrons. The number of benzene rings is 3. The molecule has 1 fully saturated rings. The summed E-state index contributed by atoms with van der Waals surface area (Å²) in [4.78, 5) is 26.4. The van der Waals surface area contributed by atoms with Crippen molar-refractivity contribution in [3.05, 3.63) is 94.0 Å². The van der Waals surface area contributed by atoms with Crippen molar-refractivity contribution in [3.63, 3.8) is 0 Å². The average Bonchev–Trinajstić information content (AvgIpc) is 3.00. The molecule has 0 unspecified atom stereocenters. The summed E-state index contributed by atoms with van der Waals surface area (Å²) in [5, 5.41) is 27.5. The van der Waals surface area contributed by atoms with Gasteiger partial charge in [0, 0.05) is 43.2 Å². The van der Waals surface area contributed by atoms with Gasteiger partial charge in [0.05, 0.1) is 10.6 Å². The number of para-hydroxylation sites is 1. The van der Waals surface area contributed by atoms with Gasteiger partial charge < -0.3 is 30.5 Å². The zero-order valence-corrected chi connectivity index (χ0v) is 25.0. The molecule has 0 saturated carbocycles. The first kappa shape index (κ1) is 31.3. The Morgan fingerprint density at radius 3 is 2.57 bits per heavy atom. The van der Waals surface area contributed by atoms with Crippen LogP contribution in [-0.2, 0) is 18.6 Å². The molecule has 0 spiro atoms. The lowest BCUT2D eigenvalue weighted by Gasteiger charge is -2.43. The molecule has 4 rings (SSSR count). The summed E-state index contributed by atoms with van der Waals surface area (Å²) in [7, 11) is 1.88. The number of piperidine rings is 1. The van der Waals surface area contributed by atoms with Crippen molar-refractivity contribution >= 4 is 23.6 Å². The van der Waals surface area contributed by atoms with Crippen molar-refractivity contribution in [1.82, 2.24) is 15.5 Å². The number of aliphatic hydroxyl groups is 1. The molecule has 3 aromatic carbocycles. The molecule has 42 heavy (non-hydrogen) atoms. The minimum atomic E-state index is -1.43. The molecule has 9 heteroatoms. The Morgan fingerprint density at radius 1 is 1.10 bits per heavy atom. The van der Waals surface area contributed by atoms with Crippen molar-refractivity contribution in [2.24, 2.45) is 5.92 Å². The summed E-state index contributed by atoms with van der Waals surface area (Å²) in [6.07, 6.45) is 1.78. The summed E-state index contributed by atoms with van der Waals surface area (Å²) < 4.78 is 6.35. The van der Waals surface area contributed by atoms with Crippen LogP contribution in [-0.4, -0.2) is 53.8 Å². The number of likely N-dealkylation sites (tertiary alicyclic amines) is 1. The maximum Gasteiger partial charge on any atom is 0.404 e. The lowest BCUT2D eigenvalue weighted by Crippen LogP contribution is -2.48. The fraction of sp³-hybridized carbons (Fsp3) is 0.394. The van der Waals surface area contributed by atoms with Gasteiger partial charge in [0.15, 0.2) is 5.75 Å². The van der Waals surface area contributed by atoms with Crippen LogP contribution in [0.2, 0.25) is 5.02 Å². The molecule has 4 N–H and O–H groups in total. The molecule has 1 aliphatic heterocycles. The molecule has 8 nitrogen and oxygen atoms in total. The molecule has 224 valence electrons. The fourth-order valence-corrected chi connectivity index (χ4v) is 5.93. The van der Waals surface area contributed by atoms with E-state index < -0.39 is 11.7 Å². The number of carbonyl (C=O) groups excluding carboxylic acids is 1. The fourth-order valence-electron chi connectivity index (χ4n) is 5.72. The first-order valence-corrected chi connectivity index (χ1v) is 14.9. The Hall–Kier alpha value is -3.59. The SMILES string of the molecule is CCc1cccc(Oc2c(Cl)cccc2[C@](O)(CCCNC(=O)O)[C@@H]2CCCN(C(=O)c3ccc(CNC)cc3)C2)c1. The Morgan fingerprint density at radius 2 is 1.86 bits per heavy atom. The van der Waals surface area contributed by atoms with E-state index in [2.05, 4.69) is 17.6 Å². The standard InChI is InChI=1S/C33H40ClN3O5/c1-3-23-8-4-10-27(20-23)42-30-28(11-5-12-29(30)34)33(41,17-7-18-36-32(39)40)26-9-6-19-37(22-26)31(38)25-15-13-24(14-16-25)21-35-2/h4-5,8,10-16,20,26,35-36,41H,3,6-7,9,17-19,21-22H2,1-2H3,(H,39,40)/t26-,33+/m1/s1. The van der Waals surface area contributed by atoms with E-state index in [4.69, 9.17) is 21.4 Å².